The number of benzene rings is 1. The topological polar surface area (TPSA) is 84.9 Å². The fourth-order valence-electron chi connectivity index (χ4n) is 1.97. The lowest BCUT2D eigenvalue weighted by atomic mass is 10.1. The molecule has 96 valence electrons. The number of aryl methyl sites for hydroxylation is 1. The molecule has 0 fully saturated rings. The van der Waals surface area contributed by atoms with Crippen molar-refractivity contribution in [3.63, 3.8) is 0 Å². The summed E-state index contributed by atoms with van der Waals surface area (Å²) < 4.78 is 0. The Labute approximate surface area is 113 Å². The van der Waals surface area contributed by atoms with Gasteiger partial charge in [0.25, 0.3) is 0 Å². The van der Waals surface area contributed by atoms with Gasteiger partial charge in [0, 0.05) is 9.75 Å². The molecule has 19 heavy (non-hydrogen) atoms. The third-order valence-corrected chi connectivity index (χ3v) is 4.00. The molecule has 0 saturated carbocycles. The number of hydrogen-bond donors (Lipinski definition) is 2. The third kappa shape index (κ3) is 2.16. The minimum absolute atomic E-state index is 0.0647. The number of nitrogen functional groups attached to an aromatic ring is 1. The average molecular weight is 272 g/mol. The molecule has 3 aromatic rings. The van der Waals surface area contributed by atoms with Crippen molar-refractivity contribution < 1.29 is 5.11 Å². The summed E-state index contributed by atoms with van der Waals surface area (Å²) in [6, 6.07) is 7.84. The molecule has 0 spiro atoms. The molecule has 0 radical (unpaired) electrons. The highest BCUT2D eigenvalue weighted by molar-refractivity contribution is 7.15. The van der Waals surface area contributed by atoms with Crippen molar-refractivity contribution in [3.8, 4) is 10.4 Å². The van der Waals surface area contributed by atoms with E-state index in [0.29, 0.717) is 5.52 Å². The molecule has 0 amide bonds. The molecule has 2 heterocycles. The molecule has 0 aliphatic carbocycles. The first-order valence-corrected chi connectivity index (χ1v) is 6.59. The number of nitrogens with two attached hydrogens (primary N) is 1. The van der Waals surface area contributed by atoms with Crippen LogP contribution in [0.5, 0.6) is 0 Å². The third-order valence-electron chi connectivity index (χ3n) is 2.90. The van der Waals surface area contributed by atoms with Crippen LogP contribution in [0.2, 0.25) is 0 Å². The number of nitrogens with zero attached hydrogens (tertiary/aromatic N) is 3. The SMILES string of the molecule is Cc1cc2nc(N)nnc2cc1-c1ccc(CO)s1. The van der Waals surface area contributed by atoms with Crippen LogP contribution in [0.15, 0.2) is 24.3 Å². The van der Waals surface area contributed by atoms with Crippen LogP contribution in [0.25, 0.3) is 21.5 Å². The normalized spacial score (nSPS) is 11.1. The lowest BCUT2D eigenvalue weighted by Gasteiger charge is -2.05. The van der Waals surface area contributed by atoms with E-state index in [1.165, 1.54) is 0 Å². The lowest BCUT2D eigenvalue weighted by molar-refractivity contribution is 0.285. The zero-order valence-corrected chi connectivity index (χ0v) is 11.1. The van der Waals surface area contributed by atoms with Crippen LogP contribution in [0.4, 0.5) is 5.95 Å². The molecule has 3 N–H and O–H groups in total. The molecule has 0 aliphatic rings. The van der Waals surface area contributed by atoms with Gasteiger partial charge in [0.2, 0.25) is 5.95 Å². The molecule has 0 aliphatic heterocycles. The Morgan fingerprint density at radius 2 is 2.05 bits per heavy atom. The summed E-state index contributed by atoms with van der Waals surface area (Å²) in [7, 11) is 0. The predicted molar refractivity (Wildman–Crippen MR) is 75.7 cm³/mol. The highest BCUT2D eigenvalue weighted by atomic mass is 32.1. The molecule has 0 atom stereocenters. The molecule has 0 saturated heterocycles. The number of anilines is 1. The van der Waals surface area contributed by atoms with Gasteiger partial charge in [0.1, 0.15) is 5.52 Å². The molecule has 0 bridgehead atoms. The van der Waals surface area contributed by atoms with Crippen molar-refractivity contribution in [1.29, 1.82) is 0 Å². The van der Waals surface area contributed by atoms with Crippen LogP contribution in [0, 0.1) is 6.92 Å². The minimum atomic E-state index is 0.0647. The first-order chi connectivity index (χ1) is 9.17. The van der Waals surface area contributed by atoms with Crippen LogP contribution < -0.4 is 5.73 Å². The quantitative estimate of drug-likeness (QED) is 0.746. The second-order valence-corrected chi connectivity index (χ2v) is 5.42. The summed E-state index contributed by atoms with van der Waals surface area (Å²) in [5, 5.41) is 17.0. The number of thiophene rings is 1. The summed E-state index contributed by atoms with van der Waals surface area (Å²) in [4.78, 5) is 6.20. The maximum atomic E-state index is 9.13. The van der Waals surface area contributed by atoms with Gasteiger partial charge >= 0.3 is 0 Å². The number of aliphatic hydroxyl groups is 1. The van der Waals surface area contributed by atoms with Crippen molar-refractivity contribution in [3.05, 3.63) is 34.7 Å². The Bertz CT molecular complexity index is 753. The molecule has 3 rings (SSSR count). The largest absolute Gasteiger partial charge is 0.391 e. The van der Waals surface area contributed by atoms with Gasteiger partial charge in [-0.05, 0) is 42.3 Å². The van der Waals surface area contributed by atoms with Gasteiger partial charge in [-0.15, -0.1) is 21.5 Å². The van der Waals surface area contributed by atoms with Gasteiger partial charge in [-0.25, -0.2) is 4.98 Å². The molecule has 0 unspecified atom stereocenters. The minimum Gasteiger partial charge on any atom is -0.391 e. The lowest BCUT2D eigenvalue weighted by Crippen LogP contribution is -1.98. The van der Waals surface area contributed by atoms with Crippen molar-refractivity contribution in [2.75, 3.05) is 5.73 Å². The van der Waals surface area contributed by atoms with E-state index in [2.05, 4.69) is 15.2 Å². The maximum absolute atomic E-state index is 9.13. The zero-order valence-electron chi connectivity index (χ0n) is 10.3. The van der Waals surface area contributed by atoms with Crippen LogP contribution in [-0.2, 0) is 6.61 Å². The Morgan fingerprint density at radius 3 is 2.79 bits per heavy atom. The number of aliphatic hydroxyl groups excluding tert-OH is 1. The Kier molecular flexibility index (Phi) is 2.88. The highest BCUT2D eigenvalue weighted by Gasteiger charge is 2.09. The second kappa shape index (κ2) is 4.56. The van der Waals surface area contributed by atoms with Gasteiger partial charge in [-0.2, -0.15) is 0 Å². The van der Waals surface area contributed by atoms with Gasteiger partial charge in [0.05, 0.1) is 12.1 Å². The van der Waals surface area contributed by atoms with Gasteiger partial charge in [0.15, 0.2) is 0 Å². The Hall–Kier alpha value is -2.05. The maximum Gasteiger partial charge on any atom is 0.240 e. The fourth-order valence-corrected chi connectivity index (χ4v) is 2.92. The summed E-state index contributed by atoms with van der Waals surface area (Å²) in [5.74, 6) is 0.179. The van der Waals surface area contributed by atoms with E-state index in [0.717, 1.165) is 26.4 Å². The van der Waals surface area contributed by atoms with Gasteiger partial charge < -0.3 is 10.8 Å². The molecular formula is C13H12N4OS. The summed E-state index contributed by atoms with van der Waals surface area (Å²) in [6.07, 6.45) is 0. The van der Waals surface area contributed by atoms with E-state index in [-0.39, 0.29) is 12.6 Å². The first kappa shape index (κ1) is 12.0. The first-order valence-electron chi connectivity index (χ1n) is 5.78. The van der Waals surface area contributed by atoms with Crippen molar-refractivity contribution in [1.82, 2.24) is 15.2 Å². The Morgan fingerprint density at radius 1 is 1.21 bits per heavy atom. The van der Waals surface area contributed by atoms with E-state index in [1.54, 1.807) is 11.3 Å². The summed E-state index contributed by atoms with van der Waals surface area (Å²) >= 11 is 1.57. The predicted octanol–water partition coefficient (Wildman–Crippen LogP) is 2.14. The Balaban J connectivity index is 2.18. The van der Waals surface area contributed by atoms with Crippen molar-refractivity contribution >= 4 is 28.3 Å². The summed E-state index contributed by atoms with van der Waals surface area (Å²) in [6.45, 7) is 2.08. The monoisotopic (exact) mass is 272 g/mol. The van der Waals surface area contributed by atoms with Crippen molar-refractivity contribution in [2.45, 2.75) is 13.5 Å². The molecular weight excluding hydrogens is 260 g/mol. The van der Waals surface area contributed by atoms with E-state index >= 15 is 0 Å². The number of rotatable bonds is 2. The van der Waals surface area contributed by atoms with Gasteiger partial charge in [-0.3, -0.25) is 0 Å². The van der Waals surface area contributed by atoms with E-state index < -0.39 is 0 Å². The molecule has 5 nitrogen and oxygen atoms in total. The smallest absolute Gasteiger partial charge is 0.240 e. The molecule has 1 aromatic carbocycles. The van der Waals surface area contributed by atoms with Crippen LogP contribution in [0.3, 0.4) is 0 Å². The average Bonchev–Trinajstić information content (AvgIpc) is 2.86. The second-order valence-electron chi connectivity index (χ2n) is 4.25. The molecule has 2 aromatic heterocycles. The summed E-state index contributed by atoms with van der Waals surface area (Å²) in [5.41, 5.74) is 9.17. The number of fused-ring (bicyclic) bond motifs is 1. The standard InChI is InChI=1S/C13H12N4OS/c1-7-4-10-11(16-17-13(14)15-10)5-9(7)12-3-2-8(6-18)19-12/h2-5,18H,6H2,1H3,(H2,14,15,17). The van der Waals surface area contributed by atoms with E-state index in [9.17, 15) is 0 Å². The van der Waals surface area contributed by atoms with Gasteiger partial charge in [-0.1, -0.05) is 0 Å². The highest BCUT2D eigenvalue weighted by Crippen LogP contribution is 2.32. The zero-order chi connectivity index (χ0) is 13.4. The van der Waals surface area contributed by atoms with E-state index in [4.69, 9.17) is 10.8 Å². The number of aromatic nitrogens is 3. The van der Waals surface area contributed by atoms with Crippen LogP contribution >= 0.6 is 11.3 Å². The van der Waals surface area contributed by atoms with Crippen LogP contribution in [-0.4, -0.2) is 20.3 Å². The fraction of sp³-hybridized carbons (Fsp3) is 0.154. The number of hydrogen-bond acceptors (Lipinski definition) is 6. The van der Waals surface area contributed by atoms with Crippen molar-refractivity contribution in [2.24, 2.45) is 0 Å². The molecule has 6 heteroatoms. The van der Waals surface area contributed by atoms with E-state index in [1.807, 2.05) is 31.2 Å². The van der Waals surface area contributed by atoms with Crippen LogP contribution in [0.1, 0.15) is 10.4 Å².